The standard InChI is InChI=1S/C13H25N3O2/c1-9(2)13(18)15-6-7-16(10(3)4)11(8-15)12(17)14-5/h9-11H,6-8H2,1-5H3,(H,14,17)/t11-/m0/s1. The third-order valence-corrected chi connectivity index (χ3v) is 3.44. The van der Waals surface area contributed by atoms with Gasteiger partial charge in [-0.3, -0.25) is 14.5 Å². The summed E-state index contributed by atoms with van der Waals surface area (Å²) in [4.78, 5) is 27.9. The van der Waals surface area contributed by atoms with Gasteiger partial charge >= 0.3 is 0 Å². The molecule has 0 aromatic carbocycles. The van der Waals surface area contributed by atoms with E-state index in [1.54, 1.807) is 7.05 Å². The van der Waals surface area contributed by atoms with Gasteiger partial charge in [0.1, 0.15) is 6.04 Å². The van der Waals surface area contributed by atoms with E-state index in [1.807, 2.05) is 18.7 Å². The maximum absolute atomic E-state index is 12.0. The highest BCUT2D eigenvalue weighted by molar-refractivity contribution is 5.84. The smallest absolute Gasteiger partial charge is 0.238 e. The highest BCUT2D eigenvalue weighted by Crippen LogP contribution is 2.15. The summed E-state index contributed by atoms with van der Waals surface area (Å²) in [6.45, 7) is 9.91. The van der Waals surface area contributed by atoms with Crippen molar-refractivity contribution >= 4 is 11.8 Å². The molecule has 0 radical (unpaired) electrons. The SMILES string of the molecule is CNC(=O)[C@@H]1CN(C(=O)C(C)C)CCN1C(C)C. The van der Waals surface area contributed by atoms with Gasteiger partial charge in [-0.15, -0.1) is 0 Å². The van der Waals surface area contributed by atoms with Crippen LogP contribution in [0.2, 0.25) is 0 Å². The fourth-order valence-electron chi connectivity index (χ4n) is 2.38. The number of nitrogens with zero attached hydrogens (tertiary/aromatic N) is 2. The Hall–Kier alpha value is -1.10. The second kappa shape index (κ2) is 6.18. The summed E-state index contributed by atoms with van der Waals surface area (Å²) in [6.07, 6.45) is 0. The lowest BCUT2D eigenvalue weighted by atomic mass is 10.1. The molecule has 0 unspecified atom stereocenters. The highest BCUT2D eigenvalue weighted by Gasteiger charge is 2.35. The van der Waals surface area contributed by atoms with Crippen LogP contribution in [0.3, 0.4) is 0 Å². The van der Waals surface area contributed by atoms with Crippen LogP contribution in [0.15, 0.2) is 0 Å². The maximum Gasteiger partial charge on any atom is 0.238 e. The van der Waals surface area contributed by atoms with E-state index < -0.39 is 0 Å². The molecular weight excluding hydrogens is 230 g/mol. The maximum atomic E-state index is 12.0. The summed E-state index contributed by atoms with van der Waals surface area (Å²) in [5.74, 6) is 0.109. The molecule has 104 valence electrons. The van der Waals surface area contributed by atoms with Crippen molar-refractivity contribution in [2.75, 3.05) is 26.7 Å². The van der Waals surface area contributed by atoms with Gasteiger partial charge in [-0.1, -0.05) is 13.8 Å². The largest absolute Gasteiger partial charge is 0.358 e. The lowest BCUT2D eigenvalue weighted by molar-refractivity contribution is -0.141. The molecule has 2 amide bonds. The molecule has 0 spiro atoms. The van der Waals surface area contributed by atoms with Crippen LogP contribution < -0.4 is 5.32 Å². The average Bonchev–Trinajstić information content (AvgIpc) is 2.35. The number of amides is 2. The van der Waals surface area contributed by atoms with E-state index in [2.05, 4.69) is 24.1 Å². The Morgan fingerprint density at radius 2 is 1.78 bits per heavy atom. The van der Waals surface area contributed by atoms with Gasteiger partial charge in [-0.25, -0.2) is 0 Å². The normalized spacial score (nSPS) is 21.5. The lowest BCUT2D eigenvalue weighted by Gasteiger charge is -2.42. The Kier molecular flexibility index (Phi) is 5.14. The Morgan fingerprint density at radius 3 is 2.22 bits per heavy atom. The Balaban J connectivity index is 2.79. The fourth-order valence-corrected chi connectivity index (χ4v) is 2.38. The molecule has 1 heterocycles. The molecule has 1 rings (SSSR count). The van der Waals surface area contributed by atoms with E-state index >= 15 is 0 Å². The molecule has 0 aromatic heterocycles. The summed E-state index contributed by atoms with van der Waals surface area (Å²) in [6, 6.07) is 0.0788. The molecule has 1 aliphatic rings. The van der Waals surface area contributed by atoms with Crippen molar-refractivity contribution < 1.29 is 9.59 Å². The number of rotatable bonds is 3. The minimum absolute atomic E-state index is 0.00930. The summed E-state index contributed by atoms with van der Waals surface area (Å²) in [5.41, 5.74) is 0. The Morgan fingerprint density at radius 1 is 1.17 bits per heavy atom. The number of carbonyl (C=O) groups excluding carboxylic acids is 2. The molecule has 0 aromatic rings. The summed E-state index contributed by atoms with van der Waals surface area (Å²) < 4.78 is 0. The Labute approximate surface area is 110 Å². The predicted molar refractivity (Wildman–Crippen MR) is 71.1 cm³/mol. The van der Waals surface area contributed by atoms with Crippen LogP contribution in [-0.4, -0.2) is 60.4 Å². The van der Waals surface area contributed by atoms with Crippen molar-refractivity contribution in [3.05, 3.63) is 0 Å². The van der Waals surface area contributed by atoms with Gasteiger partial charge in [0.25, 0.3) is 0 Å². The van der Waals surface area contributed by atoms with E-state index in [-0.39, 0.29) is 23.8 Å². The molecule has 1 saturated heterocycles. The number of hydrogen-bond acceptors (Lipinski definition) is 3. The molecule has 1 fully saturated rings. The van der Waals surface area contributed by atoms with Crippen molar-refractivity contribution in [2.24, 2.45) is 5.92 Å². The van der Waals surface area contributed by atoms with Gasteiger partial charge < -0.3 is 10.2 Å². The zero-order chi connectivity index (χ0) is 13.9. The van der Waals surface area contributed by atoms with Crippen LogP contribution in [0, 0.1) is 5.92 Å². The van der Waals surface area contributed by atoms with Crippen LogP contribution in [0.4, 0.5) is 0 Å². The zero-order valence-corrected chi connectivity index (χ0v) is 12.1. The molecule has 1 atom stereocenters. The van der Waals surface area contributed by atoms with Gasteiger partial charge in [0, 0.05) is 38.6 Å². The number of nitrogens with one attached hydrogen (secondary N) is 1. The molecule has 0 aliphatic carbocycles. The number of hydrogen-bond donors (Lipinski definition) is 1. The van der Waals surface area contributed by atoms with Crippen LogP contribution in [0.25, 0.3) is 0 Å². The van der Waals surface area contributed by atoms with Gasteiger partial charge in [-0.2, -0.15) is 0 Å². The second-order valence-corrected chi connectivity index (χ2v) is 5.40. The first-order valence-corrected chi connectivity index (χ1v) is 6.64. The minimum Gasteiger partial charge on any atom is -0.358 e. The molecular formula is C13H25N3O2. The van der Waals surface area contributed by atoms with Crippen molar-refractivity contribution in [1.29, 1.82) is 0 Å². The van der Waals surface area contributed by atoms with E-state index in [9.17, 15) is 9.59 Å². The highest BCUT2D eigenvalue weighted by atomic mass is 16.2. The van der Waals surface area contributed by atoms with Crippen LogP contribution in [-0.2, 0) is 9.59 Å². The van der Waals surface area contributed by atoms with Gasteiger partial charge in [0.2, 0.25) is 11.8 Å². The van der Waals surface area contributed by atoms with Crippen LogP contribution in [0.1, 0.15) is 27.7 Å². The molecule has 18 heavy (non-hydrogen) atoms. The number of likely N-dealkylation sites (N-methyl/N-ethyl adjacent to an activating group) is 1. The molecule has 1 aliphatic heterocycles. The van der Waals surface area contributed by atoms with E-state index in [0.29, 0.717) is 19.1 Å². The molecule has 1 N–H and O–H groups in total. The third-order valence-electron chi connectivity index (χ3n) is 3.44. The zero-order valence-electron chi connectivity index (χ0n) is 12.1. The first-order chi connectivity index (χ1) is 8.38. The predicted octanol–water partition coefficient (Wildman–Crippen LogP) is 0.310. The number of piperazine rings is 1. The van der Waals surface area contributed by atoms with Crippen molar-refractivity contribution in [2.45, 2.75) is 39.8 Å². The van der Waals surface area contributed by atoms with Crippen molar-refractivity contribution in [3.8, 4) is 0 Å². The Bertz CT molecular complexity index is 315. The second-order valence-electron chi connectivity index (χ2n) is 5.40. The fraction of sp³-hybridized carbons (Fsp3) is 0.846. The lowest BCUT2D eigenvalue weighted by Crippen LogP contribution is -2.61. The topological polar surface area (TPSA) is 52.7 Å². The van der Waals surface area contributed by atoms with Gasteiger partial charge in [0.15, 0.2) is 0 Å². The van der Waals surface area contributed by atoms with E-state index in [4.69, 9.17) is 0 Å². The minimum atomic E-state index is -0.230. The third kappa shape index (κ3) is 3.22. The van der Waals surface area contributed by atoms with E-state index in [0.717, 1.165) is 6.54 Å². The van der Waals surface area contributed by atoms with Crippen LogP contribution in [0.5, 0.6) is 0 Å². The van der Waals surface area contributed by atoms with Crippen molar-refractivity contribution in [3.63, 3.8) is 0 Å². The van der Waals surface area contributed by atoms with E-state index in [1.165, 1.54) is 0 Å². The van der Waals surface area contributed by atoms with Gasteiger partial charge in [0.05, 0.1) is 0 Å². The van der Waals surface area contributed by atoms with Crippen LogP contribution >= 0.6 is 0 Å². The van der Waals surface area contributed by atoms with Gasteiger partial charge in [-0.05, 0) is 13.8 Å². The summed E-state index contributed by atoms with van der Waals surface area (Å²) in [7, 11) is 1.64. The first-order valence-electron chi connectivity index (χ1n) is 6.64. The first kappa shape index (κ1) is 15.0. The van der Waals surface area contributed by atoms with Crippen molar-refractivity contribution in [1.82, 2.24) is 15.1 Å². The average molecular weight is 255 g/mol. The molecule has 0 bridgehead atoms. The summed E-state index contributed by atoms with van der Waals surface area (Å²) in [5, 5.41) is 2.69. The quantitative estimate of drug-likeness (QED) is 0.789. The summed E-state index contributed by atoms with van der Waals surface area (Å²) >= 11 is 0. The molecule has 0 saturated carbocycles. The number of carbonyl (C=O) groups is 2. The monoisotopic (exact) mass is 255 g/mol. The molecule has 5 heteroatoms. The molecule has 5 nitrogen and oxygen atoms in total.